The van der Waals surface area contributed by atoms with E-state index < -0.39 is 50.1 Å². The van der Waals surface area contributed by atoms with Gasteiger partial charge in [-0.3, -0.25) is 35.7 Å². The van der Waals surface area contributed by atoms with Gasteiger partial charge in [-0.05, 0) is 53.9 Å². The second kappa shape index (κ2) is 23.0. The Morgan fingerprint density at radius 3 is 1.38 bits per heavy atom. The number of non-ortho nitro benzene ring substituents is 3. The van der Waals surface area contributed by atoms with Crippen molar-refractivity contribution in [1.82, 2.24) is 0 Å². The van der Waals surface area contributed by atoms with E-state index in [2.05, 4.69) is 31.9 Å². The SMILES string of the molecule is COc1cccc(NC(=O)Nc2ccc([N+](=O)[O-])cc2O)c1.COc1ccccc1NC(=O)Nc1ccc([N+](=O)[O-])cc1O.COc1ccsc1NC(=O)Nc1ccc([N+](=O)[O-])cc1O. The van der Waals surface area contributed by atoms with E-state index in [4.69, 9.17) is 14.2 Å². The number of amides is 6. The number of nitro benzene ring substituents is 3. The predicted octanol–water partition coefficient (Wildman–Crippen LogP) is 8.92. The van der Waals surface area contributed by atoms with Crippen molar-refractivity contribution >= 4 is 79.9 Å². The van der Waals surface area contributed by atoms with Crippen LogP contribution in [0.25, 0.3) is 0 Å². The normalized spacial score (nSPS) is 9.89. The van der Waals surface area contributed by atoms with Crippen molar-refractivity contribution in [3.05, 3.63) is 145 Å². The van der Waals surface area contributed by atoms with Crippen molar-refractivity contribution in [3.63, 3.8) is 0 Å². The zero-order valence-corrected chi connectivity index (χ0v) is 34.8. The lowest BCUT2D eigenvalue weighted by Gasteiger charge is -2.11. The molecule has 0 aliphatic rings. The van der Waals surface area contributed by atoms with Crippen molar-refractivity contribution in [3.8, 4) is 34.5 Å². The van der Waals surface area contributed by atoms with Crippen molar-refractivity contribution < 1.29 is 58.7 Å². The number of carbonyl (C=O) groups excluding carboxylic acids is 3. The van der Waals surface area contributed by atoms with Gasteiger partial charge in [0.25, 0.3) is 17.1 Å². The highest BCUT2D eigenvalue weighted by Crippen LogP contribution is 2.33. The summed E-state index contributed by atoms with van der Waals surface area (Å²) in [4.78, 5) is 65.3. The van der Waals surface area contributed by atoms with Gasteiger partial charge in [-0.1, -0.05) is 18.2 Å². The molecule has 6 aromatic rings. The monoisotopic (exact) mass is 915 g/mol. The average Bonchev–Trinajstić information content (AvgIpc) is 3.73. The van der Waals surface area contributed by atoms with Gasteiger partial charge in [-0.15, -0.1) is 11.3 Å². The van der Waals surface area contributed by atoms with Gasteiger partial charge in [-0.25, -0.2) is 14.4 Å². The van der Waals surface area contributed by atoms with Crippen molar-refractivity contribution in [2.24, 2.45) is 0 Å². The maximum atomic E-state index is 11.9. The summed E-state index contributed by atoms with van der Waals surface area (Å²) in [5.41, 5.74) is 0.322. The van der Waals surface area contributed by atoms with Gasteiger partial charge in [0.05, 0.1) is 77.0 Å². The van der Waals surface area contributed by atoms with E-state index in [-0.39, 0.29) is 34.1 Å². The molecule has 0 radical (unpaired) electrons. The lowest BCUT2D eigenvalue weighted by atomic mass is 10.2. The molecule has 0 unspecified atom stereocenters. The zero-order valence-electron chi connectivity index (χ0n) is 34.0. The van der Waals surface area contributed by atoms with Crippen LogP contribution >= 0.6 is 11.3 Å². The van der Waals surface area contributed by atoms with Gasteiger partial charge in [-0.2, -0.15) is 0 Å². The van der Waals surface area contributed by atoms with Gasteiger partial charge in [0.1, 0.15) is 33.7 Å². The molecule has 1 heterocycles. The molecule has 0 saturated carbocycles. The van der Waals surface area contributed by atoms with Crippen LogP contribution in [0.3, 0.4) is 0 Å². The number of urea groups is 3. The molecule has 0 bridgehead atoms. The lowest BCUT2D eigenvalue weighted by molar-refractivity contribution is -0.385. The van der Waals surface area contributed by atoms with Gasteiger partial charge >= 0.3 is 18.1 Å². The summed E-state index contributed by atoms with van der Waals surface area (Å²) in [7, 11) is 4.46. The minimum atomic E-state index is -0.640. The first-order chi connectivity index (χ1) is 31.0. The van der Waals surface area contributed by atoms with E-state index in [1.807, 2.05) is 0 Å². The first-order valence-corrected chi connectivity index (χ1v) is 18.9. The molecule has 0 aliphatic carbocycles. The smallest absolute Gasteiger partial charge is 0.324 e. The van der Waals surface area contributed by atoms with Gasteiger partial charge in [0, 0.05) is 30.0 Å². The van der Waals surface area contributed by atoms with Crippen LogP contribution in [0.4, 0.5) is 64.9 Å². The van der Waals surface area contributed by atoms with Crippen LogP contribution in [0, 0.1) is 30.3 Å². The summed E-state index contributed by atoms with van der Waals surface area (Å²) in [6.07, 6.45) is 0. The van der Waals surface area contributed by atoms with Crippen LogP contribution in [-0.4, -0.2) is 69.5 Å². The highest BCUT2D eigenvalue weighted by molar-refractivity contribution is 7.14. The molecule has 338 valence electrons. The predicted molar refractivity (Wildman–Crippen MR) is 239 cm³/mol. The molecule has 9 N–H and O–H groups in total. The molecule has 65 heavy (non-hydrogen) atoms. The number of ether oxygens (including phenoxy) is 3. The summed E-state index contributed by atoms with van der Waals surface area (Å²) in [6, 6.07) is 23.6. The van der Waals surface area contributed by atoms with E-state index >= 15 is 0 Å². The Morgan fingerprint density at radius 2 is 0.938 bits per heavy atom. The van der Waals surface area contributed by atoms with Crippen molar-refractivity contribution in [1.29, 1.82) is 0 Å². The molecule has 0 saturated heterocycles. The molecule has 6 amide bonds. The van der Waals surface area contributed by atoms with E-state index in [9.17, 15) is 60.0 Å². The van der Waals surface area contributed by atoms with Crippen LogP contribution in [0.1, 0.15) is 0 Å². The fourth-order valence-electron chi connectivity index (χ4n) is 5.03. The van der Waals surface area contributed by atoms with Crippen molar-refractivity contribution in [2.45, 2.75) is 0 Å². The first-order valence-electron chi connectivity index (χ1n) is 18.1. The number of carbonyl (C=O) groups is 3. The molecule has 1 aromatic heterocycles. The molecular formula is C40H37N9O15S. The molecular weight excluding hydrogens is 879 g/mol. The fourth-order valence-corrected chi connectivity index (χ4v) is 5.78. The molecule has 5 aromatic carbocycles. The Bertz CT molecular complexity index is 2700. The Labute approximate surface area is 370 Å². The summed E-state index contributed by atoms with van der Waals surface area (Å²) < 4.78 is 15.2. The molecule has 0 atom stereocenters. The summed E-state index contributed by atoms with van der Waals surface area (Å²) in [6.45, 7) is 0. The molecule has 0 spiro atoms. The maximum absolute atomic E-state index is 11.9. The number of hydrogen-bond donors (Lipinski definition) is 9. The number of anilines is 6. The summed E-state index contributed by atoms with van der Waals surface area (Å²) in [5.74, 6) is 0.390. The van der Waals surface area contributed by atoms with E-state index in [0.717, 1.165) is 18.2 Å². The number of hydrogen-bond acceptors (Lipinski definition) is 16. The minimum Gasteiger partial charge on any atom is -0.506 e. The number of benzene rings is 5. The van der Waals surface area contributed by atoms with Crippen LogP contribution in [-0.2, 0) is 0 Å². The Hall–Kier alpha value is -9.39. The van der Waals surface area contributed by atoms with E-state index in [1.54, 1.807) is 60.0 Å². The third-order valence-electron chi connectivity index (χ3n) is 8.08. The quantitative estimate of drug-likeness (QED) is 0.0314. The number of nitro groups is 3. The average molecular weight is 916 g/mol. The fraction of sp³-hybridized carbons (Fsp3) is 0.0750. The number of phenolic OH excluding ortho intramolecular Hbond substituents is 3. The van der Waals surface area contributed by atoms with Gasteiger partial charge in [0.15, 0.2) is 5.75 Å². The number of nitrogens with zero attached hydrogens (tertiary/aromatic N) is 3. The Balaban J connectivity index is 0.000000213. The number of para-hydroxylation sites is 2. The zero-order chi connectivity index (χ0) is 47.6. The number of phenols is 3. The first kappa shape index (κ1) is 48.3. The maximum Gasteiger partial charge on any atom is 0.324 e. The minimum absolute atomic E-state index is 0.0537. The van der Waals surface area contributed by atoms with Gasteiger partial charge < -0.3 is 56.1 Å². The topological polar surface area (TPSA) is 341 Å². The highest BCUT2D eigenvalue weighted by Gasteiger charge is 2.16. The second-order valence-electron chi connectivity index (χ2n) is 12.4. The third-order valence-corrected chi connectivity index (χ3v) is 8.89. The molecule has 6 rings (SSSR count). The number of methoxy groups -OCH3 is 3. The largest absolute Gasteiger partial charge is 0.506 e. The van der Waals surface area contributed by atoms with Crippen molar-refractivity contribution in [2.75, 3.05) is 53.2 Å². The van der Waals surface area contributed by atoms with Crippen LogP contribution in [0.2, 0.25) is 0 Å². The molecule has 25 heteroatoms. The lowest BCUT2D eigenvalue weighted by Crippen LogP contribution is -2.19. The van der Waals surface area contributed by atoms with Gasteiger partial charge in [0.2, 0.25) is 0 Å². The number of rotatable bonds is 12. The molecule has 24 nitrogen and oxygen atoms in total. The molecule has 0 fully saturated rings. The van der Waals surface area contributed by atoms with Crippen LogP contribution in [0.15, 0.2) is 115 Å². The number of thiophene rings is 1. The second-order valence-corrected chi connectivity index (χ2v) is 13.3. The van der Waals surface area contributed by atoms with E-state index in [1.165, 1.54) is 69.1 Å². The van der Waals surface area contributed by atoms with Crippen LogP contribution in [0.5, 0.6) is 34.5 Å². The summed E-state index contributed by atoms with van der Waals surface area (Å²) >= 11 is 1.27. The van der Waals surface area contributed by atoms with E-state index in [0.29, 0.717) is 33.6 Å². The number of nitrogens with one attached hydrogen (secondary N) is 6. The standard InChI is InChI=1S/2C14H13N3O5.C12H11N3O5S/c1-22-11-4-2-3-9(7-11)15-14(19)16-12-6-5-10(17(20)21)8-13(12)18;1-22-13-5-3-2-4-11(13)16-14(19)15-10-7-6-9(17(20)21)8-12(10)18;1-20-10-4-5-21-11(10)14-12(17)13-8-3-2-7(15(18)19)6-9(8)16/h2*2-8,18H,1H3,(H2,15,16,19);2-6,16H,1H3,(H2,13,14,17). The molecule has 0 aliphatic heterocycles. The summed E-state index contributed by atoms with van der Waals surface area (Å²) in [5, 5.41) is 77.8. The highest BCUT2D eigenvalue weighted by atomic mass is 32.1. The van der Waals surface area contributed by atoms with Crippen LogP contribution < -0.4 is 46.1 Å². The third kappa shape index (κ3) is 14.4. The Morgan fingerprint density at radius 1 is 0.492 bits per heavy atom. The Kier molecular flexibility index (Phi) is 17.1. The number of aromatic hydroxyl groups is 3.